The number of hydrogen-bond donors (Lipinski definition) is 0. The third kappa shape index (κ3) is 2.98. The van der Waals surface area contributed by atoms with Crippen LogP contribution in [0.3, 0.4) is 0 Å². The van der Waals surface area contributed by atoms with Gasteiger partial charge in [-0.3, -0.25) is 9.59 Å². The molecule has 1 aliphatic rings. The van der Waals surface area contributed by atoms with Gasteiger partial charge in [-0.25, -0.2) is 0 Å². The maximum atomic E-state index is 12.2. The number of Topliss-reactive ketones (excluding diaryl/α,β-unsaturated/α-hetero) is 1. The number of ether oxygens (including phenoxy) is 1. The van der Waals surface area contributed by atoms with Crippen LogP contribution in [-0.2, 0) is 20.9 Å². The van der Waals surface area contributed by atoms with Crippen LogP contribution in [0.5, 0.6) is 0 Å². The number of carbonyl (C=O) groups excluding carboxylic acids is 2. The number of carbonyl (C=O) groups is 2. The van der Waals surface area contributed by atoms with E-state index in [1.54, 1.807) is 11.5 Å². The first kappa shape index (κ1) is 13.7. The standard InChI is InChI=1S/C12H12Br2NO3/c1-12(3-2-11(17)18-12)10(16)7-15-5-8(13)4-9(14)6-15/h4-6H,2-3,7H2,1H3/q+1/t12-/m1/s1. The highest BCUT2D eigenvalue weighted by Gasteiger charge is 2.43. The molecular formula is C12H12Br2NO3+. The molecule has 1 aromatic heterocycles. The van der Waals surface area contributed by atoms with Crippen molar-refractivity contribution >= 4 is 43.6 Å². The zero-order valence-electron chi connectivity index (χ0n) is 9.78. The zero-order valence-corrected chi connectivity index (χ0v) is 13.0. The fourth-order valence-corrected chi connectivity index (χ4v) is 3.20. The van der Waals surface area contributed by atoms with E-state index in [1.165, 1.54) is 0 Å². The first-order valence-electron chi connectivity index (χ1n) is 5.49. The highest BCUT2D eigenvalue weighted by atomic mass is 79.9. The van der Waals surface area contributed by atoms with Gasteiger partial charge < -0.3 is 4.74 Å². The Kier molecular flexibility index (Phi) is 3.87. The van der Waals surface area contributed by atoms with Crippen LogP contribution in [0, 0.1) is 0 Å². The van der Waals surface area contributed by atoms with Gasteiger partial charge in [0.2, 0.25) is 12.3 Å². The van der Waals surface area contributed by atoms with Crippen LogP contribution in [0.15, 0.2) is 27.4 Å². The van der Waals surface area contributed by atoms with Crippen LogP contribution < -0.4 is 4.57 Å². The van der Waals surface area contributed by atoms with Crippen molar-refractivity contribution < 1.29 is 18.9 Å². The molecule has 1 atom stereocenters. The Morgan fingerprint density at radius 1 is 1.44 bits per heavy atom. The molecule has 1 fully saturated rings. The molecule has 0 spiro atoms. The van der Waals surface area contributed by atoms with Crippen LogP contribution in [0.1, 0.15) is 19.8 Å². The van der Waals surface area contributed by atoms with Crippen molar-refractivity contribution in [3.8, 4) is 0 Å². The van der Waals surface area contributed by atoms with Crippen LogP contribution in [0.4, 0.5) is 0 Å². The van der Waals surface area contributed by atoms with Crippen LogP contribution >= 0.6 is 31.9 Å². The lowest BCUT2D eigenvalue weighted by Gasteiger charge is -2.18. The first-order valence-corrected chi connectivity index (χ1v) is 7.08. The van der Waals surface area contributed by atoms with Crippen molar-refractivity contribution in [1.29, 1.82) is 0 Å². The molecule has 0 N–H and O–H groups in total. The molecule has 96 valence electrons. The largest absolute Gasteiger partial charge is 0.451 e. The average molecular weight is 378 g/mol. The van der Waals surface area contributed by atoms with Crippen molar-refractivity contribution in [1.82, 2.24) is 0 Å². The van der Waals surface area contributed by atoms with E-state index in [4.69, 9.17) is 4.74 Å². The number of nitrogens with zero attached hydrogens (tertiary/aromatic N) is 1. The lowest BCUT2D eigenvalue weighted by atomic mass is 9.97. The van der Waals surface area contributed by atoms with E-state index in [-0.39, 0.29) is 18.3 Å². The molecule has 18 heavy (non-hydrogen) atoms. The Morgan fingerprint density at radius 3 is 2.56 bits per heavy atom. The Hall–Kier alpha value is -0.750. The van der Waals surface area contributed by atoms with Crippen molar-refractivity contribution in [2.24, 2.45) is 0 Å². The molecule has 6 heteroatoms. The predicted octanol–water partition coefficient (Wildman–Crippen LogP) is 2.16. The Labute approximate surface area is 122 Å². The lowest BCUT2D eigenvalue weighted by molar-refractivity contribution is -0.685. The molecular weight excluding hydrogens is 366 g/mol. The summed E-state index contributed by atoms with van der Waals surface area (Å²) in [5.74, 6) is -0.394. The van der Waals surface area contributed by atoms with Gasteiger partial charge in [0.05, 0.1) is 8.95 Å². The molecule has 2 rings (SSSR count). The predicted molar refractivity (Wildman–Crippen MR) is 70.8 cm³/mol. The van der Waals surface area contributed by atoms with E-state index >= 15 is 0 Å². The maximum Gasteiger partial charge on any atom is 0.306 e. The summed E-state index contributed by atoms with van der Waals surface area (Å²) in [4.78, 5) is 23.3. The molecule has 0 amide bonds. The number of halogens is 2. The zero-order chi connectivity index (χ0) is 13.3. The van der Waals surface area contributed by atoms with E-state index in [0.29, 0.717) is 12.8 Å². The smallest absolute Gasteiger partial charge is 0.306 e. The molecule has 0 bridgehead atoms. The first-order chi connectivity index (χ1) is 8.39. The summed E-state index contributed by atoms with van der Waals surface area (Å²) in [5, 5.41) is 0. The van der Waals surface area contributed by atoms with E-state index in [2.05, 4.69) is 31.9 Å². The number of rotatable bonds is 3. The highest BCUT2D eigenvalue weighted by molar-refractivity contribution is 9.11. The molecule has 0 aliphatic carbocycles. The number of ketones is 1. The second kappa shape index (κ2) is 5.09. The quantitative estimate of drug-likeness (QED) is 0.599. The van der Waals surface area contributed by atoms with Crippen molar-refractivity contribution in [3.63, 3.8) is 0 Å². The maximum absolute atomic E-state index is 12.2. The Bertz CT molecular complexity index is 498. The van der Waals surface area contributed by atoms with Crippen LogP contribution in [-0.4, -0.2) is 17.4 Å². The van der Waals surface area contributed by atoms with Gasteiger partial charge in [0.15, 0.2) is 18.0 Å². The fourth-order valence-electron chi connectivity index (χ4n) is 1.87. The second-order valence-electron chi connectivity index (χ2n) is 4.47. The molecule has 4 nitrogen and oxygen atoms in total. The SMILES string of the molecule is C[C@]1(C(=O)C[n+]2cc(Br)cc(Br)c2)CCC(=O)O1. The number of pyridine rings is 1. The molecule has 1 aromatic rings. The Morgan fingerprint density at radius 2 is 2.06 bits per heavy atom. The Balaban J connectivity index is 2.14. The van der Waals surface area contributed by atoms with Crippen molar-refractivity contribution in [2.45, 2.75) is 31.9 Å². The minimum Gasteiger partial charge on any atom is -0.451 e. The number of cyclic esters (lactones) is 1. The third-order valence-electron chi connectivity index (χ3n) is 2.92. The van der Waals surface area contributed by atoms with Gasteiger partial charge in [-0.05, 0) is 44.8 Å². The van der Waals surface area contributed by atoms with Gasteiger partial charge in [0.1, 0.15) is 0 Å². The lowest BCUT2D eigenvalue weighted by Crippen LogP contribution is -2.46. The third-order valence-corrected chi connectivity index (χ3v) is 3.78. The highest BCUT2D eigenvalue weighted by Crippen LogP contribution is 2.27. The summed E-state index contributed by atoms with van der Waals surface area (Å²) in [5.41, 5.74) is -0.973. The van der Waals surface area contributed by atoms with E-state index < -0.39 is 5.60 Å². The normalized spacial score (nSPS) is 22.9. The number of hydrogen-bond acceptors (Lipinski definition) is 3. The topological polar surface area (TPSA) is 47.2 Å². The summed E-state index contributed by atoms with van der Waals surface area (Å²) in [6, 6.07) is 1.89. The summed E-state index contributed by atoms with van der Waals surface area (Å²) >= 11 is 6.72. The summed E-state index contributed by atoms with van der Waals surface area (Å²) in [6.45, 7) is 1.86. The molecule has 1 aliphatic heterocycles. The van der Waals surface area contributed by atoms with Crippen LogP contribution in [0.2, 0.25) is 0 Å². The number of aromatic nitrogens is 1. The molecule has 0 radical (unpaired) electrons. The minimum atomic E-state index is -0.973. The molecule has 2 heterocycles. The van der Waals surface area contributed by atoms with E-state index in [9.17, 15) is 9.59 Å². The summed E-state index contributed by atoms with van der Waals surface area (Å²) in [7, 11) is 0. The van der Waals surface area contributed by atoms with Gasteiger partial charge in [0, 0.05) is 12.8 Å². The van der Waals surface area contributed by atoms with Gasteiger partial charge in [-0.1, -0.05) is 0 Å². The summed E-state index contributed by atoms with van der Waals surface area (Å²) in [6.07, 6.45) is 4.39. The average Bonchev–Trinajstić information content (AvgIpc) is 2.58. The van der Waals surface area contributed by atoms with Gasteiger partial charge in [-0.15, -0.1) is 0 Å². The monoisotopic (exact) mass is 376 g/mol. The van der Waals surface area contributed by atoms with E-state index in [1.807, 2.05) is 18.5 Å². The fraction of sp³-hybridized carbons (Fsp3) is 0.417. The van der Waals surface area contributed by atoms with Crippen LogP contribution in [0.25, 0.3) is 0 Å². The molecule has 0 aromatic carbocycles. The summed E-state index contributed by atoms with van der Waals surface area (Å²) < 4.78 is 8.62. The minimum absolute atomic E-state index is 0.0941. The van der Waals surface area contributed by atoms with Gasteiger partial charge in [-0.2, -0.15) is 4.57 Å². The second-order valence-corrected chi connectivity index (χ2v) is 6.30. The molecule has 1 saturated heterocycles. The van der Waals surface area contributed by atoms with Crippen molar-refractivity contribution in [3.05, 3.63) is 27.4 Å². The number of esters is 1. The van der Waals surface area contributed by atoms with Gasteiger partial charge >= 0.3 is 5.97 Å². The van der Waals surface area contributed by atoms with Gasteiger partial charge in [0.25, 0.3) is 0 Å². The molecule has 0 unspecified atom stereocenters. The van der Waals surface area contributed by atoms with E-state index in [0.717, 1.165) is 8.95 Å². The van der Waals surface area contributed by atoms with Crippen molar-refractivity contribution in [2.75, 3.05) is 0 Å². The molecule has 0 saturated carbocycles.